The predicted octanol–water partition coefficient (Wildman–Crippen LogP) is 4.70. The Bertz CT molecular complexity index is 1090. The highest BCUT2D eigenvalue weighted by Crippen LogP contribution is 2.29. The van der Waals surface area contributed by atoms with Gasteiger partial charge in [-0.05, 0) is 60.9 Å². The number of benzene rings is 3. The molecule has 0 fully saturated rings. The predicted molar refractivity (Wildman–Crippen MR) is 126 cm³/mol. The topological polar surface area (TPSA) is 85.9 Å². The molecule has 166 valence electrons. The van der Waals surface area contributed by atoms with Gasteiger partial charge in [-0.25, -0.2) is 0 Å². The summed E-state index contributed by atoms with van der Waals surface area (Å²) in [7, 11) is 3.00. The molecule has 3 aromatic carbocycles. The van der Waals surface area contributed by atoms with Crippen molar-refractivity contribution in [2.75, 3.05) is 37.7 Å². The standard InChI is InChI=1S/C24H24N2O5S/c1-29-20-7-5-4-6-19(20)26-23(27)15-31-21-13-8-16(14-22(21)30-2)24(28)25-17-9-11-18(32-3)12-10-17/h4-14H,15H2,1-3H3,(H,25,28)(H,26,27). The number of amides is 2. The molecule has 8 heteroatoms. The molecule has 0 bridgehead atoms. The van der Waals surface area contributed by atoms with Crippen molar-refractivity contribution < 1.29 is 23.8 Å². The molecule has 0 aliphatic carbocycles. The number of para-hydroxylation sites is 2. The summed E-state index contributed by atoms with van der Waals surface area (Å²) in [5.41, 5.74) is 1.65. The van der Waals surface area contributed by atoms with Gasteiger partial charge in [0.05, 0.1) is 19.9 Å². The van der Waals surface area contributed by atoms with Crippen LogP contribution in [0.2, 0.25) is 0 Å². The first-order valence-electron chi connectivity index (χ1n) is 9.73. The fourth-order valence-electron chi connectivity index (χ4n) is 2.88. The fraction of sp³-hybridized carbons (Fsp3) is 0.167. The van der Waals surface area contributed by atoms with Crippen LogP contribution in [0.4, 0.5) is 11.4 Å². The normalized spacial score (nSPS) is 10.2. The lowest BCUT2D eigenvalue weighted by molar-refractivity contribution is -0.118. The van der Waals surface area contributed by atoms with E-state index in [0.717, 1.165) is 4.90 Å². The lowest BCUT2D eigenvalue weighted by Crippen LogP contribution is -2.20. The third-order valence-corrected chi connectivity index (χ3v) is 5.26. The van der Waals surface area contributed by atoms with E-state index in [1.54, 1.807) is 48.2 Å². The van der Waals surface area contributed by atoms with Crippen LogP contribution >= 0.6 is 11.8 Å². The lowest BCUT2D eigenvalue weighted by atomic mass is 10.2. The number of methoxy groups -OCH3 is 2. The summed E-state index contributed by atoms with van der Waals surface area (Å²) in [6.07, 6.45) is 1.99. The summed E-state index contributed by atoms with van der Waals surface area (Å²) in [5, 5.41) is 5.59. The Morgan fingerprint density at radius 3 is 2.25 bits per heavy atom. The van der Waals surface area contributed by atoms with Crippen molar-refractivity contribution in [1.82, 2.24) is 0 Å². The molecule has 0 aliphatic rings. The molecule has 0 saturated heterocycles. The van der Waals surface area contributed by atoms with Crippen molar-refractivity contribution in [3.05, 3.63) is 72.3 Å². The third kappa shape index (κ3) is 5.95. The van der Waals surface area contributed by atoms with Gasteiger partial charge in [0.1, 0.15) is 5.75 Å². The maximum absolute atomic E-state index is 12.6. The molecular weight excluding hydrogens is 428 g/mol. The molecule has 32 heavy (non-hydrogen) atoms. The third-order valence-electron chi connectivity index (χ3n) is 4.51. The van der Waals surface area contributed by atoms with Crippen LogP contribution in [-0.2, 0) is 4.79 Å². The maximum Gasteiger partial charge on any atom is 0.262 e. The lowest BCUT2D eigenvalue weighted by Gasteiger charge is -2.13. The second-order valence-corrected chi connectivity index (χ2v) is 7.47. The Labute approximate surface area is 191 Å². The molecule has 0 saturated carbocycles. The van der Waals surface area contributed by atoms with E-state index < -0.39 is 0 Å². The summed E-state index contributed by atoms with van der Waals surface area (Å²) in [4.78, 5) is 26.0. The van der Waals surface area contributed by atoms with Gasteiger partial charge in [-0.15, -0.1) is 11.8 Å². The Hall–Kier alpha value is -3.65. The number of carbonyl (C=O) groups excluding carboxylic acids is 2. The van der Waals surface area contributed by atoms with Crippen molar-refractivity contribution in [3.8, 4) is 17.2 Å². The number of nitrogens with one attached hydrogen (secondary N) is 2. The quantitative estimate of drug-likeness (QED) is 0.458. The minimum Gasteiger partial charge on any atom is -0.495 e. The van der Waals surface area contributed by atoms with Crippen LogP contribution in [0.5, 0.6) is 17.2 Å². The van der Waals surface area contributed by atoms with Crippen LogP contribution in [-0.4, -0.2) is 38.9 Å². The number of rotatable bonds is 9. The molecule has 3 aromatic rings. The van der Waals surface area contributed by atoms with Crippen LogP contribution < -0.4 is 24.8 Å². The van der Waals surface area contributed by atoms with E-state index in [4.69, 9.17) is 14.2 Å². The van der Waals surface area contributed by atoms with Gasteiger partial charge < -0.3 is 24.8 Å². The van der Waals surface area contributed by atoms with Gasteiger partial charge in [0.2, 0.25) is 0 Å². The smallest absolute Gasteiger partial charge is 0.262 e. The molecule has 0 heterocycles. The van der Waals surface area contributed by atoms with Gasteiger partial charge >= 0.3 is 0 Å². The average molecular weight is 453 g/mol. The van der Waals surface area contributed by atoms with Crippen molar-refractivity contribution in [2.45, 2.75) is 4.90 Å². The fourth-order valence-corrected chi connectivity index (χ4v) is 3.29. The largest absolute Gasteiger partial charge is 0.495 e. The first-order chi connectivity index (χ1) is 15.5. The Morgan fingerprint density at radius 2 is 1.56 bits per heavy atom. The van der Waals surface area contributed by atoms with Gasteiger partial charge in [-0.1, -0.05) is 12.1 Å². The highest BCUT2D eigenvalue weighted by Gasteiger charge is 2.14. The molecule has 0 aromatic heterocycles. The van der Waals surface area contributed by atoms with Crippen molar-refractivity contribution in [1.29, 1.82) is 0 Å². The molecule has 0 unspecified atom stereocenters. The van der Waals surface area contributed by atoms with Crippen molar-refractivity contribution in [2.24, 2.45) is 0 Å². The Kier molecular flexibility index (Phi) is 7.99. The SMILES string of the molecule is COc1ccccc1NC(=O)COc1ccc(C(=O)Nc2ccc(SC)cc2)cc1OC. The zero-order valence-electron chi connectivity index (χ0n) is 18.0. The average Bonchev–Trinajstić information content (AvgIpc) is 2.83. The zero-order chi connectivity index (χ0) is 22.9. The van der Waals surface area contributed by atoms with E-state index >= 15 is 0 Å². The summed E-state index contributed by atoms with van der Waals surface area (Å²) in [5.74, 6) is 0.619. The molecular formula is C24H24N2O5S. The van der Waals surface area contributed by atoms with E-state index in [1.165, 1.54) is 14.2 Å². The molecule has 0 aliphatic heterocycles. The van der Waals surface area contributed by atoms with Crippen LogP contribution in [0.3, 0.4) is 0 Å². The van der Waals surface area contributed by atoms with Crippen molar-refractivity contribution in [3.63, 3.8) is 0 Å². The van der Waals surface area contributed by atoms with Crippen LogP contribution in [0, 0.1) is 0 Å². The molecule has 2 amide bonds. The molecule has 0 radical (unpaired) electrons. The summed E-state index contributed by atoms with van der Waals surface area (Å²) < 4.78 is 16.2. The number of hydrogen-bond acceptors (Lipinski definition) is 6. The summed E-state index contributed by atoms with van der Waals surface area (Å²) in [6, 6.07) is 19.4. The Morgan fingerprint density at radius 1 is 0.844 bits per heavy atom. The van der Waals surface area contributed by atoms with Crippen LogP contribution in [0.15, 0.2) is 71.6 Å². The minimum absolute atomic E-state index is 0.234. The van der Waals surface area contributed by atoms with Gasteiger partial charge in [0.25, 0.3) is 11.8 Å². The number of carbonyl (C=O) groups is 2. The first kappa shape index (κ1) is 23.0. The molecule has 2 N–H and O–H groups in total. The van der Waals surface area contributed by atoms with Crippen molar-refractivity contribution >= 4 is 35.0 Å². The number of thioether (sulfide) groups is 1. The first-order valence-corrected chi connectivity index (χ1v) is 11.0. The van der Waals surface area contributed by atoms with Crippen LogP contribution in [0.25, 0.3) is 0 Å². The van der Waals surface area contributed by atoms with Gasteiger partial charge in [-0.3, -0.25) is 9.59 Å². The van der Waals surface area contributed by atoms with E-state index in [1.807, 2.05) is 36.6 Å². The molecule has 0 atom stereocenters. The van der Waals surface area contributed by atoms with Gasteiger partial charge in [-0.2, -0.15) is 0 Å². The minimum atomic E-state index is -0.355. The zero-order valence-corrected chi connectivity index (χ0v) is 18.8. The van der Waals surface area contributed by atoms with E-state index in [2.05, 4.69) is 10.6 Å². The maximum atomic E-state index is 12.6. The second kappa shape index (κ2) is 11.1. The molecule has 0 spiro atoms. The Balaban J connectivity index is 1.62. The number of anilines is 2. The second-order valence-electron chi connectivity index (χ2n) is 6.59. The number of ether oxygens (including phenoxy) is 3. The highest BCUT2D eigenvalue weighted by molar-refractivity contribution is 7.98. The highest BCUT2D eigenvalue weighted by atomic mass is 32.2. The molecule has 7 nitrogen and oxygen atoms in total. The van der Waals surface area contributed by atoms with Crippen LogP contribution in [0.1, 0.15) is 10.4 Å². The summed E-state index contributed by atoms with van der Waals surface area (Å²) in [6.45, 7) is -0.234. The van der Waals surface area contributed by atoms with E-state index in [-0.39, 0.29) is 18.4 Å². The monoisotopic (exact) mass is 452 g/mol. The summed E-state index contributed by atoms with van der Waals surface area (Å²) >= 11 is 1.63. The number of hydrogen-bond donors (Lipinski definition) is 2. The van der Waals surface area contributed by atoms with Gasteiger partial charge in [0.15, 0.2) is 18.1 Å². The van der Waals surface area contributed by atoms with E-state index in [9.17, 15) is 9.59 Å². The molecule has 3 rings (SSSR count). The van der Waals surface area contributed by atoms with E-state index in [0.29, 0.717) is 34.2 Å². The van der Waals surface area contributed by atoms with Gasteiger partial charge in [0, 0.05) is 16.1 Å².